The van der Waals surface area contributed by atoms with Gasteiger partial charge < -0.3 is 15.4 Å². The number of likely N-dealkylation sites (tertiary alicyclic amines) is 1. The van der Waals surface area contributed by atoms with Crippen LogP contribution in [0.25, 0.3) is 0 Å². The van der Waals surface area contributed by atoms with E-state index in [0.717, 1.165) is 52.2 Å². The van der Waals surface area contributed by atoms with Crippen LogP contribution in [0.15, 0.2) is 30.3 Å². The van der Waals surface area contributed by atoms with E-state index in [0.29, 0.717) is 18.7 Å². The van der Waals surface area contributed by atoms with Crippen molar-refractivity contribution in [3.05, 3.63) is 35.9 Å². The Morgan fingerprint density at radius 2 is 1.72 bits per heavy atom. The Bertz CT molecular complexity index is 666. The Morgan fingerprint density at radius 3 is 2.38 bits per heavy atom. The van der Waals surface area contributed by atoms with Crippen molar-refractivity contribution >= 4 is 11.8 Å². The average molecular weight is 403 g/mol. The summed E-state index contributed by atoms with van der Waals surface area (Å²) in [6.07, 6.45) is 1.73. The first-order valence-corrected chi connectivity index (χ1v) is 10.6. The van der Waals surface area contributed by atoms with E-state index in [1.807, 2.05) is 30.3 Å². The van der Waals surface area contributed by atoms with E-state index in [2.05, 4.69) is 34.3 Å². The highest BCUT2D eigenvalue weighted by Crippen LogP contribution is 2.15. The molecule has 0 saturated carbocycles. The molecule has 2 saturated heterocycles. The number of ether oxygens (including phenoxy) is 1. The summed E-state index contributed by atoms with van der Waals surface area (Å²) in [5, 5.41) is 6.21. The van der Waals surface area contributed by atoms with Crippen molar-refractivity contribution in [3.8, 4) is 0 Å². The highest BCUT2D eigenvalue weighted by atomic mass is 16.5. The Kier molecular flexibility index (Phi) is 7.64. The first-order chi connectivity index (χ1) is 13.9. The zero-order valence-electron chi connectivity index (χ0n) is 17.7. The molecule has 0 atom stereocenters. The number of hydrogen-bond donors (Lipinski definition) is 2. The van der Waals surface area contributed by atoms with E-state index in [4.69, 9.17) is 4.74 Å². The fraction of sp³-hybridized carbons (Fsp3) is 0.636. The first kappa shape index (κ1) is 21.7. The first-order valence-electron chi connectivity index (χ1n) is 10.6. The lowest BCUT2D eigenvalue weighted by molar-refractivity contribution is -0.123. The SMILES string of the molecule is CC(C)(CNC(=O)CN1CCC(NC(=O)c2ccccc2)CC1)N1CCOCC1. The summed E-state index contributed by atoms with van der Waals surface area (Å²) in [4.78, 5) is 29.2. The molecule has 3 rings (SSSR count). The zero-order valence-corrected chi connectivity index (χ0v) is 17.7. The second-order valence-corrected chi connectivity index (χ2v) is 8.58. The van der Waals surface area contributed by atoms with Crippen molar-refractivity contribution in [3.63, 3.8) is 0 Å². The summed E-state index contributed by atoms with van der Waals surface area (Å²) in [5.74, 6) is 0.0465. The van der Waals surface area contributed by atoms with Crippen molar-refractivity contribution in [2.45, 2.75) is 38.3 Å². The smallest absolute Gasteiger partial charge is 0.251 e. The van der Waals surface area contributed by atoms with Crippen molar-refractivity contribution in [2.24, 2.45) is 0 Å². The van der Waals surface area contributed by atoms with Gasteiger partial charge >= 0.3 is 0 Å². The lowest BCUT2D eigenvalue weighted by Gasteiger charge is -2.41. The number of benzene rings is 1. The minimum Gasteiger partial charge on any atom is -0.379 e. The second kappa shape index (κ2) is 10.2. The molecule has 1 aromatic rings. The molecule has 0 aliphatic carbocycles. The largest absolute Gasteiger partial charge is 0.379 e. The van der Waals surface area contributed by atoms with Crippen molar-refractivity contribution in [2.75, 3.05) is 52.5 Å². The van der Waals surface area contributed by atoms with Crippen molar-refractivity contribution in [1.29, 1.82) is 0 Å². The number of carbonyl (C=O) groups is 2. The molecular formula is C22H34N4O3. The quantitative estimate of drug-likeness (QED) is 0.715. The number of piperidine rings is 1. The number of hydrogen-bond acceptors (Lipinski definition) is 5. The van der Waals surface area contributed by atoms with Crippen LogP contribution in [0.3, 0.4) is 0 Å². The van der Waals surface area contributed by atoms with Gasteiger partial charge in [-0.3, -0.25) is 19.4 Å². The van der Waals surface area contributed by atoms with Crippen LogP contribution in [0.4, 0.5) is 0 Å². The molecule has 7 nitrogen and oxygen atoms in total. The van der Waals surface area contributed by atoms with Gasteiger partial charge in [0.1, 0.15) is 0 Å². The van der Waals surface area contributed by atoms with E-state index in [-0.39, 0.29) is 23.4 Å². The van der Waals surface area contributed by atoms with Crippen molar-refractivity contribution in [1.82, 2.24) is 20.4 Å². The summed E-state index contributed by atoms with van der Waals surface area (Å²) in [5.41, 5.74) is 0.617. The summed E-state index contributed by atoms with van der Waals surface area (Å²) in [6.45, 7) is 10.4. The molecule has 160 valence electrons. The molecule has 0 radical (unpaired) electrons. The third-order valence-electron chi connectivity index (χ3n) is 5.91. The zero-order chi connectivity index (χ0) is 20.7. The van der Waals surface area contributed by atoms with Gasteiger partial charge in [-0.05, 0) is 38.8 Å². The third kappa shape index (κ3) is 6.52. The highest BCUT2D eigenvalue weighted by Gasteiger charge is 2.29. The molecule has 2 fully saturated rings. The molecule has 0 unspecified atom stereocenters. The van der Waals surface area contributed by atoms with Gasteiger partial charge in [0.05, 0.1) is 19.8 Å². The summed E-state index contributed by atoms with van der Waals surface area (Å²) >= 11 is 0. The Morgan fingerprint density at radius 1 is 1.07 bits per heavy atom. The van der Waals surface area contributed by atoms with Gasteiger partial charge in [0.2, 0.25) is 5.91 Å². The van der Waals surface area contributed by atoms with Gasteiger partial charge in [0.15, 0.2) is 0 Å². The molecule has 2 amide bonds. The molecule has 2 heterocycles. The fourth-order valence-corrected chi connectivity index (χ4v) is 3.95. The van der Waals surface area contributed by atoms with Gasteiger partial charge in [0, 0.05) is 49.9 Å². The predicted molar refractivity (Wildman–Crippen MR) is 113 cm³/mol. The van der Waals surface area contributed by atoms with E-state index in [1.54, 1.807) is 0 Å². The Balaban J connectivity index is 1.35. The van der Waals surface area contributed by atoms with E-state index in [9.17, 15) is 9.59 Å². The number of amides is 2. The third-order valence-corrected chi connectivity index (χ3v) is 5.91. The van der Waals surface area contributed by atoms with Gasteiger partial charge in [-0.25, -0.2) is 0 Å². The minimum atomic E-state index is -0.0752. The van der Waals surface area contributed by atoms with Crippen molar-refractivity contribution < 1.29 is 14.3 Å². The topological polar surface area (TPSA) is 73.9 Å². The molecule has 0 aromatic heterocycles. The fourth-order valence-electron chi connectivity index (χ4n) is 3.95. The number of nitrogens with zero attached hydrogens (tertiary/aromatic N) is 2. The Hall–Kier alpha value is -1.96. The molecule has 0 spiro atoms. The maximum Gasteiger partial charge on any atom is 0.251 e. The molecule has 2 aliphatic heterocycles. The number of carbonyl (C=O) groups excluding carboxylic acids is 2. The molecule has 2 aliphatic rings. The molecule has 29 heavy (non-hydrogen) atoms. The highest BCUT2D eigenvalue weighted by molar-refractivity contribution is 5.94. The van der Waals surface area contributed by atoms with E-state index in [1.165, 1.54) is 0 Å². The van der Waals surface area contributed by atoms with E-state index >= 15 is 0 Å². The van der Waals surface area contributed by atoms with Crippen LogP contribution in [-0.2, 0) is 9.53 Å². The molecular weight excluding hydrogens is 368 g/mol. The maximum absolute atomic E-state index is 12.4. The van der Waals surface area contributed by atoms with Gasteiger partial charge in [-0.1, -0.05) is 18.2 Å². The molecule has 0 bridgehead atoms. The molecule has 7 heteroatoms. The van der Waals surface area contributed by atoms with Crippen LogP contribution in [0.5, 0.6) is 0 Å². The summed E-state index contributed by atoms with van der Waals surface area (Å²) < 4.78 is 5.42. The van der Waals surface area contributed by atoms with Crippen LogP contribution in [0.1, 0.15) is 37.0 Å². The van der Waals surface area contributed by atoms with Gasteiger partial charge in [-0.2, -0.15) is 0 Å². The molecule has 2 N–H and O–H groups in total. The lowest BCUT2D eigenvalue weighted by Crippen LogP contribution is -2.56. The second-order valence-electron chi connectivity index (χ2n) is 8.58. The minimum absolute atomic E-state index is 0.0212. The van der Waals surface area contributed by atoms with E-state index < -0.39 is 0 Å². The van der Waals surface area contributed by atoms with Crippen LogP contribution >= 0.6 is 0 Å². The van der Waals surface area contributed by atoms with Crippen LogP contribution in [0.2, 0.25) is 0 Å². The Labute approximate surface area is 173 Å². The number of morpholine rings is 1. The van der Waals surface area contributed by atoms with Crippen LogP contribution in [-0.4, -0.2) is 85.7 Å². The summed E-state index contributed by atoms with van der Waals surface area (Å²) in [6, 6.07) is 9.47. The maximum atomic E-state index is 12.4. The monoisotopic (exact) mass is 402 g/mol. The van der Waals surface area contributed by atoms with Gasteiger partial charge in [0.25, 0.3) is 5.91 Å². The van der Waals surface area contributed by atoms with Crippen LogP contribution in [0, 0.1) is 0 Å². The average Bonchev–Trinajstić information content (AvgIpc) is 2.75. The standard InChI is InChI=1S/C22H34N4O3/c1-22(2,26-12-14-29-15-13-26)17-23-20(27)16-25-10-8-19(9-11-25)24-21(28)18-6-4-3-5-7-18/h3-7,19H,8-17H2,1-2H3,(H,23,27)(H,24,28). The lowest BCUT2D eigenvalue weighted by atomic mass is 10.0. The molecule has 1 aromatic carbocycles. The number of rotatable bonds is 7. The summed E-state index contributed by atoms with van der Waals surface area (Å²) in [7, 11) is 0. The van der Waals surface area contributed by atoms with Gasteiger partial charge in [-0.15, -0.1) is 0 Å². The van der Waals surface area contributed by atoms with Crippen LogP contribution < -0.4 is 10.6 Å². The normalized spacial score (nSPS) is 19.7. The number of nitrogens with one attached hydrogen (secondary N) is 2. The predicted octanol–water partition coefficient (Wildman–Crippen LogP) is 1.11.